The summed E-state index contributed by atoms with van der Waals surface area (Å²) < 4.78 is 4.06. The van der Waals surface area contributed by atoms with Crippen LogP contribution in [0, 0.1) is 13.8 Å². The molecule has 284 valence electrons. The first-order chi connectivity index (χ1) is 28.2. The summed E-state index contributed by atoms with van der Waals surface area (Å²) in [6.45, 7) is 13.5. The van der Waals surface area contributed by atoms with E-state index in [2.05, 4.69) is 198 Å². The second-order valence-corrected chi connectivity index (χ2v) is 18.6. The predicted molar refractivity (Wildman–Crippen MR) is 257 cm³/mol. The van der Waals surface area contributed by atoms with Crippen molar-refractivity contribution in [2.75, 3.05) is 4.90 Å². The smallest absolute Gasteiger partial charge is 0.0491 e. The molecule has 6 aromatic carbocycles. The first-order valence-electron chi connectivity index (χ1n) is 20.5. The number of hydrogen-bond acceptors (Lipinski definition) is 3. The molecular formula is C55H47NS2. The highest BCUT2D eigenvalue weighted by Gasteiger charge is 2.38. The molecule has 0 aliphatic heterocycles. The number of aryl methyl sites for hydroxylation is 3. The number of fused-ring (bicyclic) bond motifs is 10. The summed E-state index contributed by atoms with van der Waals surface area (Å²) in [7, 11) is 0. The number of hydrogen-bond donors (Lipinski definition) is 0. The van der Waals surface area contributed by atoms with Crippen molar-refractivity contribution in [2.24, 2.45) is 0 Å². The van der Waals surface area contributed by atoms with Gasteiger partial charge in [-0.15, -0.1) is 22.7 Å². The maximum absolute atomic E-state index is 2.48. The van der Waals surface area contributed by atoms with Gasteiger partial charge in [-0.3, -0.25) is 0 Å². The average Bonchev–Trinajstić information content (AvgIpc) is 3.87. The lowest BCUT2D eigenvalue weighted by Gasteiger charge is -2.29. The van der Waals surface area contributed by atoms with Crippen LogP contribution in [0.5, 0.6) is 0 Å². The van der Waals surface area contributed by atoms with Gasteiger partial charge in [0.25, 0.3) is 0 Å². The Morgan fingerprint density at radius 2 is 1.43 bits per heavy atom. The van der Waals surface area contributed by atoms with Gasteiger partial charge in [0.1, 0.15) is 0 Å². The lowest BCUT2D eigenvalue weighted by atomic mass is 9.79. The lowest BCUT2D eigenvalue weighted by molar-refractivity contribution is 0.666. The number of thiophene rings is 2. The Hall–Kier alpha value is -5.74. The molecule has 2 aliphatic rings. The van der Waals surface area contributed by atoms with Crippen LogP contribution in [0.15, 0.2) is 146 Å². The largest absolute Gasteiger partial charge is 0.310 e. The summed E-state index contributed by atoms with van der Waals surface area (Å²) >= 11 is 3.86. The Bertz CT molecular complexity index is 3080. The molecule has 10 rings (SSSR count). The summed E-state index contributed by atoms with van der Waals surface area (Å²) in [6.07, 6.45) is 17.7. The summed E-state index contributed by atoms with van der Waals surface area (Å²) in [5, 5.41) is 4.08. The predicted octanol–water partition coefficient (Wildman–Crippen LogP) is 16.8. The molecule has 0 amide bonds. The summed E-state index contributed by atoms with van der Waals surface area (Å²) in [4.78, 5) is 4.01. The van der Waals surface area contributed by atoms with E-state index in [-0.39, 0.29) is 5.41 Å². The van der Waals surface area contributed by atoms with Crippen LogP contribution in [0.4, 0.5) is 17.1 Å². The maximum atomic E-state index is 2.48. The first kappa shape index (κ1) is 36.6. The van der Waals surface area contributed by atoms with E-state index in [9.17, 15) is 0 Å². The molecule has 2 aliphatic carbocycles. The molecule has 1 nitrogen and oxygen atoms in total. The maximum Gasteiger partial charge on any atom is 0.0491 e. The lowest BCUT2D eigenvalue weighted by Crippen LogP contribution is -2.16. The van der Waals surface area contributed by atoms with Gasteiger partial charge in [-0.1, -0.05) is 105 Å². The Balaban J connectivity index is 1.08. The van der Waals surface area contributed by atoms with Gasteiger partial charge in [0, 0.05) is 57.6 Å². The molecule has 0 spiro atoms. The van der Waals surface area contributed by atoms with Crippen molar-refractivity contribution >= 4 is 81.6 Å². The highest BCUT2D eigenvalue weighted by Crippen LogP contribution is 2.55. The highest BCUT2D eigenvalue weighted by atomic mass is 32.1. The first-order valence-corrected chi connectivity index (χ1v) is 22.2. The van der Waals surface area contributed by atoms with E-state index in [0.29, 0.717) is 0 Å². The molecule has 0 bridgehead atoms. The molecule has 0 fully saturated rings. The topological polar surface area (TPSA) is 3.24 Å². The minimum atomic E-state index is -0.102. The van der Waals surface area contributed by atoms with E-state index in [4.69, 9.17) is 0 Å². The van der Waals surface area contributed by atoms with Crippen LogP contribution in [0.25, 0.3) is 64.2 Å². The van der Waals surface area contributed by atoms with Crippen molar-refractivity contribution in [1.29, 1.82) is 0 Å². The molecule has 8 aromatic rings. The Morgan fingerprint density at radius 1 is 0.690 bits per heavy atom. The molecule has 0 radical (unpaired) electrons. The van der Waals surface area contributed by atoms with Gasteiger partial charge in [0.05, 0.1) is 0 Å². The molecule has 0 unspecified atom stereocenters. The van der Waals surface area contributed by atoms with Crippen LogP contribution < -0.4 is 4.90 Å². The van der Waals surface area contributed by atoms with Crippen molar-refractivity contribution < 1.29 is 0 Å². The van der Waals surface area contributed by atoms with E-state index >= 15 is 0 Å². The Labute approximate surface area is 350 Å². The Morgan fingerprint density at radius 3 is 2.24 bits per heavy atom. The van der Waals surface area contributed by atoms with Crippen molar-refractivity contribution in [2.45, 2.75) is 59.8 Å². The molecule has 0 N–H and O–H groups in total. The Kier molecular flexibility index (Phi) is 9.00. The highest BCUT2D eigenvalue weighted by molar-refractivity contribution is 7.25. The minimum Gasteiger partial charge on any atom is -0.310 e. The van der Waals surface area contributed by atoms with Crippen LogP contribution in [-0.2, 0) is 11.8 Å². The fourth-order valence-electron chi connectivity index (χ4n) is 9.59. The van der Waals surface area contributed by atoms with E-state index in [1.54, 1.807) is 0 Å². The second kappa shape index (κ2) is 14.3. The third-order valence-corrected chi connectivity index (χ3v) is 14.8. The number of rotatable bonds is 7. The minimum absolute atomic E-state index is 0.102. The zero-order chi connectivity index (χ0) is 39.7. The normalized spacial score (nSPS) is 14.6. The van der Waals surface area contributed by atoms with Gasteiger partial charge in [-0.05, 0) is 162 Å². The van der Waals surface area contributed by atoms with Gasteiger partial charge in [0.15, 0.2) is 0 Å². The zero-order valence-electron chi connectivity index (χ0n) is 34.1. The fourth-order valence-corrected chi connectivity index (χ4v) is 11.9. The van der Waals surface area contributed by atoms with Crippen LogP contribution in [-0.4, -0.2) is 0 Å². The molecule has 2 aromatic heterocycles. The molecule has 3 heteroatoms. The van der Waals surface area contributed by atoms with Crippen LogP contribution in [0.1, 0.15) is 72.4 Å². The SMILES string of the molecule is C\C=C/C=C(\C=C/C)c1ccc(N(c2ccc3sc4ccccc4c3c2)c2ccc(-c3ccc4c(c3)C(C)(C)c3c-4ccc4sc5c(c34)C=CCC5)cc2C)c(C)c1. The monoisotopic (exact) mass is 785 g/mol. The molecule has 58 heavy (non-hydrogen) atoms. The molecule has 0 atom stereocenters. The molecular weight excluding hydrogens is 739 g/mol. The van der Waals surface area contributed by atoms with Gasteiger partial charge in [-0.25, -0.2) is 0 Å². The van der Waals surface area contributed by atoms with E-state index < -0.39 is 0 Å². The van der Waals surface area contributed by atoms with Crippen molar-refractivity contribution in [3.63, 3.8) is 0 Å². The quantitative estimate of drug-likeness (QED) is 0.146. The third kappa shape index (κ3) is 5.86. The van der Waals surface area contributed by atoms with Gasteiger partial charge < -0.3 is 4.90 Å². The third-order valence-electron chi connectivity index (χ3n) is 12.4. The van der Waals surface area contributed by atoms with Crippen LogP contribution in [0.2, 0.25) is 0 Å². The van der Waals surface area contributed by atoms with Crippen LogP contribution in [0.3, 0.4) is 0 Å². The van der Waals surface area contributed by atoms with Crippen LogP contribution >= 0.6 is 22.7 Å². The van der Waals surface area contributed by atoms with Gasteiger partial charge in [0.2, 0.25) is 0 Å². The van der Waals surface area contributed by atoms with Gasteiger partial charge >= 0.3 is 0 Å². The molecule has 0 saturated heterocycles. The van der Waals surface area contributed by atoms with Crippen molar-refractivity contribution in [3.05, 3.63) is 184 Å². The van der Waals surface area contributed by atoms with Gasteiger partial charge in [-0.2, -0.15) is 0 Å². The number of benzene rings is 6. The number of allylic oxidation sites excluding steroid dienone is 7. The van der Waals surface area contributed by atoms with Crippen molar-refractivity contribution in [3.8, 4) is 22.3 Å². The number of nitrogens with zero attached hydrogens (tertiary/aromatic N) is 1. The summed E-state index contributed by atoms with van der Waals surface area (Å²) in [5.41, 5.74) is 17.9. The fraction of sp³-hybridized carbons (Fsp3) is 0.164. The second-order valence-electron chi connectivity index (χ2n) is 16.4. The molecule has 2 heterocycles. The zero-order valence-corrected chi connectivity index (χ0v) is 35.7. The van der Waals surface area contributed by atoms with E-state index in [0.717, 1.165) is 18.5 Å². The standard InChI is InChI=1S/C55H47NS2/c1-7-9-15-36(14-8-2)37-21-26-47(34(3)30-37)56(40-23-28-51-45(33-40)42-16-10-12-18-49(42)57-51)48-27-22-38(31-35(48)4)39-20-24-41-43-25-29-52-53(44-17-11-13-19-50(44)58-52)54(43)55(5,6)46(41)32-39/h7-12,14-18,20-33H,13,19H2,1-6H3/b9-7-,14-8-,36-15+. The summed E-state index contributed by atoms with van der Waals surface area (Å²) in [5.74, 6) is 0. The number of anilines is 3. The summed E-state index contributed by atoms with van der Waals surface area (Å²) in [6, 6.07) is 41.7. The van der Waals surface area contributed by atoms with E-state index in [1.165, 1.54) is 108 Å². The average molecular weight is 786 g/mol. The molecule has 0 saturated carbocycles. The van der Waals surface area contributed by atoms with E-state index in [1.807, 2.05) is 22.7 Å². The van der Waals surface area contributed by atoms with Crippen molar-refractivity contribution in [1.82, 2.24) is 0 Å².